The van der Waals surface area contributed by atoms with E-state index in [-0.39, 0.29) is 0 Å². The van der Waals surface area contributed by atoms with E-state index < -0.39 is 14.2 Å². The monoisotopic (exact) mass is 1510 g/mol. The van der Waals surface area contributed by atoms with Gasteiger partial charge in [0, 0.05) is 44.9 Å². The second-order valence-corrected chi connectivity index (χ2v) is 29.5. The Balaban J connectivity index is 0.000000112. The SMILES string of the molecule is Brc1c2ccccc2c(-c2ccc3ccccc3c2)c2ccccc12.O=Cc1cccc(Br)c1.OB(O)c1ccc(-c2c3ccccc3c(-c3ccc4ccccc4c3)c3ccccc23)s1.OB(O)c1cccs1.c1csc(-c2c3ccccc3c(-c3ccc4ccccc4c3)c3ccccc23)c1. The second kappa shape index (κ2) is 31.0. The van der Waals surface area contributed by atoms with Crippen molar-refractivity contribution < 1.29 is 24.9 Å². The number of hydrogen-bond donors (Lipinski definition) is 4. The van der Waals surface area contributed by atoms with E-state index in [2.05, 4.69) is 322 Å². The molecule has 0 saturated carbocycles. The van der Waals surface area contributed by atoms with E-state index in [1.165, 1.54) is 157 Å². The zero-order valence-electron chi connectivity index (χ0n) is 55.3. The Morgan fingerprint density at radius 3 is 0.932 bits per heavy atom. The summed E-state index contributed by atoms with van der Waals surface area (Å²) in [6, 6.07) is 117. The Morgan fingerprint density at radius 2 is 0.612 bits per heavy atom. The summed E-state index contributed by atoms with van der Waals surface area (Å²) in [5, 5.41) is 62.8. The number of hydrogen-bond acceptors (Lipinski definition) is 8. The molecule has 0 aliphatic rings. The number of rotatable bonds is 8. The lowest BCUT2D eigenvalue weighted by molar-refractivity contribution is 0.112. The minimum atomic E-state index is -1.46. The van der Waals surface area contributed by atoms with Crippen LogP contribution < -0.4 is 9.55 Å². The molecule has 4 N–H and O–H groups in total. The molecule has 0 spiro atoms. The fourth-order valence-corrected chi connectivity index (χ4v) is 17.3. The molecule has 0 amide bonds. The van der Waals surface area contributed by atoms with Crippen molar-refractivity contribution in [3.63, 3.8) is 0 Å². The molecule has 0 aliphatic heterocycles. The summed E-state index contributed by atoms with van der Waals surface area (Å²) in [7, 11) is -2.75. The lowest BCUT2D eigenvalue weighted by atomic mass is 9.87. The summed E-state index contributed by atoms with van der Waals surface area (Å²) >= 11 is 11.6. The summed E-state index contributed by atoms with van der Waals surface area (Å²) in [5.41, 5.74) is 10.8. The number of halogens is 2. The molecule has 0 bridgehead atoms. The van der Waals surface area contributed by atoms with Crippen LogP contribution in [0.5, 0.6) is 0 Å². The topological polar surface area (TPSA) is 98.0 Å². The van der Waals surface area contributed by atoms with Crippen LogP contribution in [-0.2, 0) is 0 Å². The number of benzene rings is 16. The normalized spacial score (nSPS) is 11.0. The standard InChI is InChI=1S/C28H19BO2S.C28H18S.C24H15Br.C7H5BrO.C4H5BO2S/c30-29(31)26-16-15-25(32-26)28-23-11-5-3-9-21(23)27(22-10-4-6-12-24(22)28)20-14-13-18-7-1-2-8-19(18)17-20;1-2-9-20-18-21(16-15-19(20)8-1)27-22-10-3-5-12-24(22)28(26-14-7-17-29-26)25-13-6-4-11-23(25)27;25-24-21-11-5-3-9-19(21)23(20-10-4-6-12-22(20)24)18-14-13-16-7-1-2-8-17(16)15-18;8-7-3-1-2-6(4-7)5-9;6-5(7)4-2-1-3-8-4/h1-17,30-31H;1-18H;1-15H;1-5H;1-3,6-7H. The van der Waals surface area contributed by atoms with Crippen LogP contribution in [0.3, 0.4) is 0 Å². The zero-order chi connectivity index (χ0) is 70.3. The molecule has 0 unspecified atom stereocenters. The molecule has 5 nitrogen and oxygen atoms in total. The zero-order valence-corrected chi connectivity index (χ0v) is 60.9. The van der Waals surface area contributed by atoms with Gasteiger partial charge in [-0.05, 0) is 199 Å². The average Bonchev–Trinajstić information content (AvgIpc) is 1.09. The Hall–Kier alpha value is -10.4. The van der Waals surface area contributed by atoms with Crippen molar-refractivity contribution in [1.82, 2.24) is 0 Å². The molecular weight excluding hydrogens is 1450 g/mol. The third-order valence-electron chi connectivity index (χ3n) is 18.5. The van der Waals surface area contributed by atoms with Gasteiger partial charge in [0.05, 0.1) is 0 Å². The third kappa shape index (κ3) is 14.3. The van der Waals surface area contributed by atoms with Crippen LogP contribution in [0, 0.1) is 0 Å². The van der Waals surface area contributed by atoms with Crippen molar-refractivity contribution in [2.45, 2.75) is 0 Å². The Labute approximate surface area is 625 Å². The van der Waals surface area contributed by atoms with Gasteiger partial charge < -0.3 is 20.1 Å². The van der Waals surface area contributed by atoms with Crippen LogP contribution in [0.2, 0.25) is 0 Å². The smallest absolute Gasteiger partial charge is 0.423 e. The molecule has 3 heterocycles. The molecule has 19 aromatic rings. The van der Waals surface area contributed by atoms with Gasteiger partial charge in [-0.2, -0.15) is 11.3 Å². The summed E-state index contributed by atoms with van der Waals surface area (Å²) in [6.07, 6.45) is 0.824. The Kier molecular flexibility index (Phi) is 20.6. The number of carbonyl (C=O) groups excluding carboxylic acids is 1. The Bertz CT molecular complexity index is 6120. The summed E-state index contributed by atoms with van der Waals surface area (Å²) in [4.78, 5) is 12.5. The van der Waals surface area contributed by atoms with Gasteiger partial charge in [0.15, 0.2) is 0 Å². The van der Waals surface area contributed by atoms with Gasteiger partial charge in [-0.1, -0.05) is 307 Å². The molecule has 103 heavy (non-hydrogen) atoms. The Morgan fingerprint density at radius 1 is 0.272 bits per heavy atom. The molecule has 494 valence electrons. The van der Waals surface area contributed by atoms with Crippen molar-refractivity contribution in [3.05, 3.63) is 359 Å². The molecule has 12 heteroatoms. The van der Waals surface area contributed by atoms with Gasteiger partial charge in [-0.25, -0.2) is 0 Å². The van der Waals surface area contributed by atoms with Crippen LogP contribution in [0.4, 0.5) is 0 Å². The highest BCUT2D eigenvalue weighted by molar-refractivity contribution is 9.11. The first-order chi connectivity index (χ1) is 50.6. The largest absolute Gasteiger partial charge is 0.499 e. The van der Waals surface area contributed by atoms with Gasteiger partial charge >= 0.3 is 14.2 Å². The fourth-order valence-electron chi connectivity index (χ4n) is 13.9. The van der Waals surface area contributed by atoms with Crippen LogP contribution in [-0.4, -0.2) is 40.6 Å². The maximum absolute atomic E-state index is 10.1. The third-order valence-corrected chi connectivity index (χ3v) is 22.8. The maximum Gasteiger partial charge on any atom is 0.499 e. The van der Waals surface area contributed by atoms with Crippen molar-refractivity contribution in [2.24, 2.45) is 0 Å². The first-order valence-corrected chi connectivity index (χ1v) is 37.8. The minimum absolute atomic E-state index is 0.548. The van der Waals surface area contributed by atoms with E-state index in [9.17, 15) is 14.8 Å². The van der Waals surface area contributed by atoms with Crippen LogP contribution >= 0.6 is 65.9 Å². The van der Waals surface area contributed by atoms with Crippen LogP contribution in [0.15, 0.2) is 353 Å². The van der Waals surface area contributed by atoms with Gasteiger partial charge in [0.2, 0.25) is 0 Å². The average molecular weight is 1510 g/mol. The van der Waals surface area contributed by atoms with E-state index in [1.54, 1.807) is 35.7 Å². The van der Waals surface area contributed by atoms with Crippen molar-refractivity contribution in [1.29, 1.82) is 0 Å². The first kappa shape index (κ1) is 68.3. The predicted octanol–water partition coefficient (Wildman–Crippen LogP) is 24.0. The van der Waals surface area contributed by atoms with E-state index in [4.69, 9.17) is 10.0 Å². The fraction of sp³-hybridized carbons (Fsp3) is 0. The molecule has 0 fully saturated rings. The van der Waals surface area contributed by atoms with Crippen molar-refractivity contribution in [3.8, 4) is 54.3 Å². The van der Waals surface area contributed by atoms with Crippen molar-refractivity contribution >= 4 is 193 Å². The molecule has 3 aromatic heterocycles. The summed E-state index contributed by atoms with van der Waals surface area (Å²) in [5.74, 6) is 0. The molecule has 0 saturated heterocycles. The van der Waals surface area contributed by atoms with E-state index in [1.807, 2.05) is 29.5 Å². The second-order valence-electron chi connectivity index (χ2n) is 24.8. The van der Waals surface area contributed by atoms with Gasteiger partial charge in [-0.15, -0.1) is 22.7 Å². The number of fused-ring (bicyclic) bond motifs is 9. The number of carbonyl (C=O) groups is 1. The molecule has 19 rings (SSSR count). The highest BCUT2D eigenvalue weighted by Crippen LogP contribution is 2.48. The molecule has 0 atom stereocenters. The van der Waals surface area contributed by atoms with E-state index >= 15 is 0 Å². The quantitative estimate of drug-likeness (QED) is 0.0690. The molecule has 0 aliphatic carbocycles. The maximum atomic E-state index is 10.1. The van der Waals surface area contributed by atoms with Crippen LogP contribution in [0.25, 0.3) is 151 Å². The van der Waals surface area contributed by atoms with Crippen LogP contribution in [0.1, 0.15) is 10.4 Å². The highest BCUT2D eigenvalue weighted by atomic mass is 79.9. The van der Waals surface area contributed by atoms with Gasteiger partial charge in [0.1, 0.15) is 6.29 Å². The molecule has 0 radical (unpaired) electrons. The van der Waals surface area contributed by atoms with Gasteiger partial charge in [-0.3, -0.25) is 4.79 Å². The lowest BCUT2D eigenvalue weighted by Crippen LogP contribution is -2.26. The highest BCUT2D eigenvalue weighted by Gasteiger charge is 2.22. The number of aldehydes is 1. The molecular formula is C91H62B2Br2O5S3. The molecule has 16 aromatic carbocycles. The van der Waals surface area contributed by atoms with Crippen molar-refractivity contribution in [2.75, 3.05) is 0 Å². The summed E-state index contributed by atoms with van der Waals surface area (Å²) < 4.78 is 3.24. The summed E-state index contributed by atoms with van der Waals surface area (Å²) in [6.45, 7) is 0. The predicted molar refractivity (Wildman–Crippen MR) is 451 cm³/mol. The first-order valence-electron chi connectivity index (χ1n) is 33.6. The van der Waals surface area contributed by atoms with E-state index in [0.717, 1.165) is 32.0 Å². The lowest BCUT2D eigenvalue weighted by Gasteiger charge is -2.17. The van der Waals surface area contributed by atoms with Gasteiger partial charge in [0.25, 0.3) is 0 Å². The number of thiophene rings is 3. The minimum Gasteiger partial charge on any atom is -0.423 e. The van der Waals surface area contributed by atoms with E-state index in [0.29, 0.717) is 15.1 Å².